The fourth-order valence-electron chi connectivity index (χ4n) is 2.67. The molecule has 0 aromatic carbocycles. The summed E-state index contributed by atoms with van der Waals surface area (Å²) in [6.45, 7) is 2.09. The molecule has 128 valence electrons. The summed E-state index contributed by atoms with van der Waals surface area (Å²) in [6.07, 6.45) is 2.72. The second-order valence-corrected chi connectivity index (χ2v) is 5.61. The van der Waals surface area contributed by atoms with Crippen LogP contribution >= 0.6 is 0 Å². The van der Waals surface area contributed by atoms with Crippen LogP contribution in [0.25, 0.3) is 0 Å². The Kier molecular flexibility index (Phi) is 5.12. The van der Waals surface area contributed by atoms with Gasteiger partial charge in [0, 0.05) is 17.8 Å². The molecule has 2 heterocycles. The van der Waals surface area contributed by atoms with E-state index in [0.29, 0.717) is 24.3 Å². The Bertz CT molecular complexity index is 702. The SMILES string of the molecule is Cc1cc(C(=N)C(N)=O)c(NCC(=O)N2CCC[C@H]2C(N)=O)cn1. The van der Waals surface area contributed by atoms with Gasteiger partial charge in [-0.15, -0.1) is 0 Å². The highest BCUT2D eigenvalue weighted by atomic mass is 16.2. The Labute approximate surface area is 138 Å². The van der Waals surface area contributed by atoms with Crippen molar-refractivity contribution >= 4 is 29.1 Å². The van der Waals surface area contributed by atoms with Crippen molar-refractivity contribution in [3.63, 3.8) is 0 Å². The second kappa shape index (κ2) is 7.07. The van der Waals surface area contributed by atoms with Gasteiger partial charge in [0.1, 0.15) is 11.8 Å². The van der Waals surface area contributed by atoms with Crippen LogP contribution in [0.3, 0.4) is 0 Å². The molecule has 0 saturated carbocycles. The maximum Gasteiger partial charge on any atom is 0.267 e. The lowest BCUT2D eigenvalue weighted by Gasteiger charge is -2.22. The van der Waals surface area contributed by atoms with Gasteiger partial charge in [-0.2, -0.15) is 0 Å². The van der Waals surface area contributed by atoms with Crippen LogP contribution in [0.1, 0.15) is 24.1 Å². The number of carbonyl (C=O) groups is 3. The third-order valence-electron chi connectivity index (χ3n) is 3.89. The molecule has 2 rings (SSSR count). The summed E-state index contributed by atoms with van der Waals surface area (Å²) >= 11 is 0. The average Bonchev–Trinajstić information content (AvgIpc) is 3.02. The highest BCUT2D eigenvalue weighted by Gasteiger charge is 2.32. The molecule has 24 heavy (non-hydrogen) atoms. The quantitative estimate of drug-likeness (QED) is 0.498. The first kappa shape index (κ1) is 17.4. The molecule has 1 aliphatic rings. The highest BCUT2D eigenvalue weighted by molar-refractivity contribution is 6.44. The summed E-state index contributed by atoms with van der Waals surface area (Å²) in [5.41, 5.74) is 11.3. The lowest BCUT2D eigenvalue weighted by molar-refractivity contribution is -0.135. The maximum atomic E-state index is 12.3. The first-order valence-corrected chi connectivity index (χ1v) is 7.49. The molecule has 1 saturated heterocycles. The van der Waals surface area contributed by atoms with E-state index in [0.717, 1.165) is 6.42 Å². The third kappa shape index (κ3) is 3.67. The van der Waals surface area contributed by atoms with E-state index in [4.69, 9.17) is 16.9 Å². The van der Waals surface area contributed by atoms with E-state index in [1.54, 1.807) is 13.0 Å². The largest absolute Gasteiger partial charge is 0.374 e. The second-order valence-electron chi connectivity index (χ2n) is 5.61. The van der Waals surface area contributed by atoms with E-state index >= 15 is 0 Å². The van der Waals surface area contributed by atoms with Gasteiger partial charge >= 0.3 is 0 Å². The number of hydrogen-bond acceptors (Lipinski definition) is 6. The molecule has 0 bridgehead atoms. The minimum absolute atomic E-state index is 0.104. The molecule has 0 radical (unpaired) electrons. The number of nitrogens with zero attached hydrogens (tertiary/aromatic N) is 2. The van der Waals surface area contributed by atoms with Gasteiger partial charge in [0.2, 0.25) is 11.8 Å². The van der Waals surface area contributed by atoms with Crippen molar-refractivity contribution in [2.24, 2.45) is 11.5 Å². The van der Waals surface area contributed by atoms with Crippen LogP contribution in [0.4, 0.5) is 5.69 Å². The standard InChI is InChI=1S/C15H20N6O3/c1-8-5-9(13(16)15(18)24)10(6-19-8)20-7-12(22)21-4-2-3-11(21)14(17)23/h5-6,11,16,20H,2-4,7H2,1H3,(H2,17,23)(H2,18,24)/t11-/m0/s1. The minimum atomic E-state index is -0.872. The summed E-state index contributed by atoms with van der Waals surface area (Å²) in [7, 11) is 0. The van der Waals surface area contributed by atoms with E-state index in [9.17, 15) is 14.4 Å². The molecule has 0 aliphatic carbocycles. The Balaban J connectivity index is 2.12. The number of amides is 3. The Morgan fingerprint density at radius 1 is 1.42 bits per heavy atom. The number of primary amides is 2. The fourth-order valence-corrected chi connectivity index (χ4v) is 2.67. The zero-order chi connectivity index (χ0) is 17.9. The summed E-state index contributed by atoms with van der Waals surface area (Å²) in [5.74, 6) is -1.68. The van der Waals surface area contributed by atoms with Crippen LogP contribution in [0.5, 0.6) is 0 Å². The smallest absolute Gasteiger partial charge is 0.267 e. The van der Waals surface area contributed by atoms with E-state index in [1.807, 2.05) is 0 Å². The molecule has 1 aliphatic heterocycles. The number of aryl methyl sites for hydroxylation is 1. The fraction of sp³-hybridized carbons (Fsp3) is 0.400. The van der Waals surface area contributed by atoms with Gasteiger partial charge in [-0.3, -0.25) is 24.8 Å². The molecule has 1 aromatic heterocycles. The monoisotopic (exact) mass is 332 g/mol. The average molecular weight is 332 g/mol. The number of hydrogen-bond donors (Lipinski definition) is 4. The Morgan fingerprint density at radius 2 is 2.12 bits per heavy atom. The minimum Gasteiger partial charge on any atom is -0.374 e. The van der Waals surface area contributed by atoms with Crippen molar-refractivity contribution in [1.82, 2.24) is 9.88 Å². The summed E-state index contributed by atoms with van der Waals surface area (Å²) in [4.78, 5) is 40.5. The van der Waals surface area contributed by atoms with Crippen LogP contribution in [-0.4, -0.2) is 52.4 Å². The number of likely N-dealkylation sites (tertiary alicyclic amines) is 1. The van der Waals surface area contributed by atoms with Gasteiger partial charge in [0.15, 0.2) is 0 Å². The number of anilines is 1. The molecule has 1 atom stereocenters. The van der Waals surface area contributed by atoms with Crippen molar-refractivity contribution in [1.29, 1.82) is 5.41 Å². The van der Waals surface area contributed by atoms with Gasteiger partial charge < -0.3 is 21.7 Å². The van der Waals surface area contributed by atoms with Crippen molar-refractivity contribution < 1.29 is 14.4 Å². The maximum absolute atomic E-state index is 12.3. The first-order valence-electron chi connectivity index (χ1n) is 7.49. The predicted octanol–water partition coefficient (Wildman–Crippen LogP) is -0.869. The van der Waals surface area contributed by atoms with Crippen LogP contribution < -0.4 is 16.8 Å². The van der Waals surface area contributed by atoms with Crippen LogP contribution in [0.15, 0.2) is 12.3 Å². The van der Waals surface area contributed by atoms with Gasteiger partial charge in [0.25, 0.3) is 5.91 Å². The summed E-state index contributed by atoms with van der Waals surface area (Å²) in [5, 5.41) is 10.6. The molecular weight excluding hydrogens is 312 g/mol. The normalized spacial score (nSPS) is 16.7. The third-order valence-corrected chi connectivity index (χ3v) is 3.89. The molecule has 6 N–H and O–H groups in total. The van der Waals surface area contributed by atoms with E-state index in [1.165, 1.54) is 11.1 Å². The molecule has 1 fully saturated rings. The molecule has 9 nitrogen and oxygen atoms in total. The highest BCUT2D eigenvalue weighted by Crippen LogP contribution is 2.19. The molecule has 3 amide bonds. The van der Waals surface area contributed by atoms with E-state index < -0.39 is 17.9 Å². The molecule has 0 unspecified atom stereocenters. The molecule has 0 spiro atoms. The summed E-state index contributed by atoms with van der Waals surface area (Å²) in [6, 6.07) is 0.959. The number of aromatic nitrogens is 1. The number of pyridine rings is 1. The van der Waals surface area contributed by atoms with Crippen LogP contribution in [0.2, 0.25) is 0 Å². The van der Waals surface area contributed by atoms with Gasteiger partial charge in [-0.1, -0.05) is 0 Å². The number of carbonyl (C=O) groups excluding carboxylic acids is 3. The van der Waals surface area contributed by atoms with Crippen molar-refractivity contribution in [2.45, 2.75) is 25.8 Å². The molecular formula is C15H20N6O3. The number of rotatable bonds is 6. The first-order chi connectivity index (χ1) is 11.3. The number of nitrogens with one attached hydrogen (secondary N) is 2. The Hall–Kier alpha value is -2.97. The summed E-state index contributed by atoms with van der Waals surface area (Å²) < 4.78 is 0. The van der Waals surface area contributed by atoms with Gasteiger partial charge in [-0.25, -0.2) is 0 Å². The van der Waals surface area contributed by atoms with Crippen molar-refractivity contribution in [3.8, 4) is 0 Å². The lowest BCUT2D eigenvalue weighted by Crippen LogP contribution is -2.45. The predicted molar refractivity (Wildman–Crippen MR) is 87.4 cm³/mol. The number of nitrogens with two attached hydrogens (primary N) is 2. The van der Waals surface area contributed by atoms with Gasteiger partial charge in [0.05, 0.1) is 18.4 Å². The zero-order valence-corrected chi connectivity index (χ0v) is 13.3. The van der Waals surface area contributed by atoms with E-state index in [-0.39, 0.29) is 23.7 Å². The van der Waals surface area contributed by atoms with Crippen molar-refractivity contribution in [2.75, 3.05) is 18.4 Å². The molecule has 1 aromatic rings. The van der Waals surface area contributed by atoms with Crippen LogP contribution in [-0.2, 0) is 14.4 Å². The molecule has 9 heteroatoms. The lowest BCUT2D eigenvalue weighted by atomic mass is 10.1. The van der Waals surface area contributed by atoms with E-state index in [2.05, 4.69) is 10.3 Å². The zero-order valence-electron chi connectivity index (χ0n) is 13.3. The van der Waals surface area contributed by atoms with Crippen LogP contribution in [0, 0.1) is 12.3 Å². The topological polar surface area (TPSA) is 155 Å². The Morgan fingerprint density at radius 3 is 2.75 bits per heavy atom. The van der Waals surface area contributed by atoms with Gasteiger partial charge in [-0.05, 0) is 25.8 Å². The van der Waals surface area contributed by atoms with Crippen molar-refractivity contribution in [3.05, 3.63) is 23.5 Å².